The highest BCUT2D eigenvalue weighted by atomic mass is 32.1. The lowest BCUT2D eigenvalue weighted by Gasteiger charge is -2.15. The van der Waals surface area contributed by atoms with Gasteiger partial charge in [-0.1, -0.05) is 42.5 Å². The maximum atomic E-state index is 12.9. The van der Waals surface area contributed by atoms with E-state index in [0.717, 1.165) is 27.3 Å². The summed E-state index contributed by atoms with van der Waals surface area (Å²) in [6, 6.07) is 17.7. The van der Waals surface area contributed by atoms with Crippen molar-refractivity contribution < 1.29 is 9.84 Å². The van der Waals surface area contributed by atoms with Crippen molar-refractivity contribution in [1.82, 2.24) is 9.55 Å². The van der Waals surface area contributed by atoms with E-state index < -0.39 is 6.10 Å². The van der Waals surface area contributed by atoms with Gasteiger partial charge in [0.15, 0.2) is 0 Å². The van der Waals surface area contributed by atoms with Gasteiger partial charge in [-0.25, -0.2) is 4.98 Å². The maximum Gasteiger partial charge on any atom is 0.262 e. The molecule has 0 aliphatic rings. The average Bonchev–Trinajstić information content (AvgIpc) is 3.17. The van der Waals surface area contributed by atoms with Gasteiger partial charge >= 0.3 is 0 Å². The van der Waals surface area contributed by atoms with E-state index in [2.05, 4.69) is 4.98 Å². The molecule has 0 aliphatic carbocycles. The number of aliphatic hydroxyl groups excluding tert-OH is 1. The van der Waals surface area contributed by atoms with Crippen molar-refractivity contribution in [2.45, 2.75) is 26.5 Å². The standard InChI is InChI=1S/C23H22N2O3S/c1-15-8-9-16(2)20(10-15)28-13-18(26)12-25-14-24-22-19(23(25)27)11-21(29-22)17-6-4-3-5-7-17/h3-11,14,18,26H,12-13H2,1-2H3. The van der Waals surface area contributed by atoms with Crippen LogP contribution in [0.3, 0.4) is 0 Å². The predicted octanol–water partition coefficient (Wildman–Crippen LogP) is 4.18. The van der Waals surface area contributed by atoms with Crippen molar-refractivity contribution in [3.05, 3.63) is 82.4 Å². The number of hydrogen-bond acceptors (Lipinski definition) is 5. The molecule has 148 valence electrons. The molecule has 4 rings (SSSR count). The predicted molar refractivity (Wildman–Crippen MR) is 117 cm³/mol. The van der Waals surface area contributed by atoms with E-state index in [9.17, 15) is 9.90 Å². The van der Waals surface area contributed by atoms with Crippen LogP contribution in [0.2, 0.25) is 0 Å². The molecule has 4 aromatic rings. The number of fused-ring (bicyclic) bond motifs is 1. The van der Waals surface area contributed by atoms with Gasteiger partial charge in [0.2, 0.25) is 0 Å². The van der Waals surface area contributed by atoms with E-state index in [1.54, 1.807) is 0 Å². The van der Waals surface area contributed by atoms with Gasteiger partial charge in [0.1, 0.15) is 23.3 Å². The molecule has 0 bridgehead atoms. The van der Waals surface area contributed by atoms with Gasteiger partial charge in [0, 0.05) is 4.88 Å². The Morgan fingerprint density at radius 3 is 2.72 bits per heavy atom. The Balaban J connectivity index is 1.51. The third kappa shape index (κ3) is 4.23. The summed E-state index contributed by atoms with van der Waals surface area (Å²) >= 11 is 1.49. The molecule has 0 saturated heterocycles. The molecule has 2 heterocycles. The number of rotatable bonds is 6. The minimum atomic E-state index is -0.820. The first-order valence-corrected chi connectivity index (χ1v) is 10.3. The van der Waals surface area contributed by atoms with E-state index in [1.165, 1.54) is 22.2 Å². The fourth-order valence-corrected chi connectivity index (χ4v) is 4.16. The largest absolute Gasteiger partial charge is 0.491 e. The van der Waals surface area contributed by atoms with E-state index in [4.69, 9.17) is 4.74 Å². The van der Waals surface area contributed by atoms with Gasteiger partial charge < -0.3 is 9.84 Å². The molecule has 0 radical (unpaired) electrons. The van der Waals surface area contributed by atoms with Gasteiger partial charge in [0.25, 0.3) is 5.56 Å². The fraction of sp³-hybridized carbons (Fsp3) is 0.217. The highest BCUT2D eigenvalue weighted by Crippen LogP contribution is 2.30. The number of thiophene rings is 1. The summed E-state index contributed by atoms with van der Waals surface area (Å²) in [7, 11) is 0. The third-order valence-corrected chi connectivity index (χ3v) is 5.85. The van der Waals surface area contributed by atoms with Crippen molar-refractivity contribution >= 4 is 21.6 Å². The molecular formula is C23H22N2O3S. The van der Waals surface area contributed by atoms with Crippen LogP contribution in [0.5, 0.6) is 5.75 Å². The van der Waals surface area contributed by atoms with Gasteiger partial charge in [-0.2, -0.15) is 0 Å². The molecule has 0 aliphatic heterocycles. The van der Waals surface area contributed by atoms with Gasteiger partial charge in [0.05, 0.1) is 18.3 Å². The van der Waals surface area contributed by atoms with Crippen LogP contribution in [0.15, 0.2) is 65.7 Å². The minimum absolute atomic E-state index is 0.105. The number of nitrogens with zero attached hydrogens (tertiary/aromatic N) is 2. The lowest BCUT2D eigenvalue weighted by molar-refractivity contribution is 0.0911. The Labute approximate surface area is 172 Å². The van der Waals surface area contributed by atoms with Crippen LogP contribution >= 0.6 is 11.3 Å². The number of aliphatic hydroxyl groups is 1. The van der Waals surface area contributed by atoms with Gasteiger partial charge in [-0.3, -0.25) is 9.36 Å². The number of benzene rings is 2. The maximum absolute atomic E-state index is 12.9. The molecule has 0 fully saturated rings. The zero-order valence-electron chi connectivity index (χ0n) is 16.3. The second kappa shape index (κ2) is 8.19. The quantitative estimate of drug-likeness (QED) is 0.522. The topological polar surface area (TPSA) is 64.3 Å². The second-order valence-electron chi connectivity index (χ2n) is 7.13. The summed E-state index contributed by atoms with van der Waals surface area (Å²) in [5.74, 6) is 0.746. The third-order valence-electron chi connectivity index (χ3n) is 4.76. The van der Waals surface area contributed by atoms with Crippen LogP contribution in [-0.2, 0) is 6.54 Å². The first-order chi connectivity index (χ1) is 14.0. The van der Waals surface area contributed by atoms with Crippen LogP contribution in [-0.4, -0.2) is 27.4 Å². The number of hydrogen-bond donors (Lipinski definition) is 1. The van der Waals surface area contributed by atoms with Crippen LogP contribution < -0.4 is 10.3 Å². The lowest BCUT2D eigenvalue weighted by Crippen LogP contribution is -2.30. The molecule has 0 saturated carbocycles. The normalized spacial score (nSPS) is 12.2. The van der Waals surface area contributed by atoms with Crippen LogP contribution in [0.4, 0.5) is 0 Å². The van der Waals surface area contributed by atoms with Crippen molar-refractivity contribution in [2.75, 3.05) is 6.61 Å². The SMILES string of the molecule is Cc1ccc(C)c(OCC(O)Cn2cnc3sc(-c4ccccc4)cc3c2=O)c1. The zero-order chi connectivity index (χ0) is 20.4. The van der Waals surface area contributed by atoms with E-state index in [0.29, 0.717) is 10.2 Å². The lowest BCUT2D eigenvalue weighted by atomic mass is 10.1. The van der Waals surface area contributed by atoms with Gasteiger partial charge in [-0.15, -0.1) is 11.3 Å². The Morgan fingerprint density at radius 1 is 1.14 bits per heavy atom. The number of ether oxygens (including phenoxy) is 1. The second-order valence-corrected chi connectivity index (χ2v) is 8.16. The molecule has 1 atom stereocenters. The van der Waals surface area contributed by atoms with Crippen molar-refractivity contribution in [2.24, 2.45) is 0 Å². The molecule has 2 aromatic carbocycles. The summed E-state index contributed by atoms with van der Waals surface area (Å²) < 4.78 is 7.20. The summed E-state index contributed by atoms with van der Waals surface area (Å²) in [5, 5.41) is 11.0. The Morgan fingerprint density at radius 2 is 1.93 bits per heavy atom. The van der Waals surface area contributed by atoms with Crippen LogP contribution in [0.25, 0.3) is 20.7 Å². The molecule has 29 heavy (non-hydrogen) atoms. The van der Waals surface area contributed by atoms with Gasteiger partial charge in [-0.05, 0) is 42.7 Å². The molecule has 2 aromatic heterocycles. The Hall–Kier alpha value is -2.96. The fourth-order valence-electron chi connectivity index (χ4n) is 3.16. The molecule has 1 unspecified atom stereocenters. The number of aryl methyl sites for hydroxylation is 2. The summed E-state index contributed by atoms with van der Waals surface area (Å²) in [4.78, 5) is 19.0. The monoisotopic (exact) mass is 406 g/mol. The molecule has 0 spiro atoms. The summed E-state index contributed by atoms with van der Waals surface area (Å²) in [6.45, 7) is 4.19. The van der Waals surface area contributed by atoms with E-state index in [-0.39, 0.29) is 18.7 Å². The first-order valence-electron chi connectivity index (χ1n) is 9.44. The minimum Gasteiger partial charge on any atom is -0.491 e. The van der Waals surface area contributed by atoms with Crippen molar-refractivity contribution in [1.29, 1.82) is 0 Å². The van der Waals surface area contributed by atoms with Crippen molar-refractivity contribution in [3.8, 4) is 16.2 Å². The summed E-state index contributed by atoms with van der Waals surface area (Å²) in [6.07, 6.45) is 0.677. The smallest absolute Gasteiger partial charge is 0.262 e. The number of aromatic nitrogens is 2. The molecule has 1 N–H and O–H groups in total. The molecule has 0 amide bonds. The zero-order valence-corrected chi connectivity index (χ0v) is 17.1. The van der Waals surface area contributed by atoms with Crippen LogP contribution in [0, 0.1) is 13.8 Å². The van der Waals surface area contributed by atoms with E-state index >= 15 is 0 Å². The highest BCUT2D eigenvalue weighted by molar-refractivity contribution is 7.21. The Kier molecular flexibility index (Phi) is 5.47. The first kappa shape index (κ1) is 19.4. The summed E-state index contributed by atoms with van der Waals surface area (Å²) in [5.41, 5.74) is 3.01. The van der Waals surface area contributed by atoms with Crippen LogP contribution in [0.1, 0.15) is 11.1 Å². The molecule has 5 nitrogen and oxygen atoms in total. The Bertz CT molecular complexity index is 1200. The van der Waals surface area contributed by atoms with E-state index in [1.807, 2.05) is 68.4 Å². The molecule has 6 heteroatoms. The average molecular weight is 407 g/mol. The van der Waals surface area contributed by atoms with Crippen molar-refractivity contribution in [3.63, 3.8) is 0 Å². The highest BCUT2D eigenvalue weighted by Gasteiger charge is 2.13. The molecular weight excluding hydrogens is 384 g/mol.